The van der Waals surface area contributed by atoms with E-state index < -0.39 is 0 Å². The van der Waals surface area contributed by atoms with Crippen molar-refractivity contribution in [1.82, 2.24) is 9.80 Å². The van der Waals surface area contributed by atoms with Crippen molar-refractivity contribution >= 4 is 0 Å². The predicted octanol–water partition coefficient (Wildman–Crippen LogP) is 0.376. The summed E-state index contributed by atoms with van der Waals surface area (Å²) in [5, 5.41) is 0. The van der Waals surface area contributed by atoms with E-state index in [1.54, 1.807) is 7.11 Å². The molecule has 0 amide bonds. The van der Waals surface area contributed by atoms with E-state index in [-0.39, 0.29) is 5.54 Å². The second-order valence-corrected chi connectivity index (χ2v) is 5.25. The second kappa shape index (κ2) is 5.96. The molecule has 2 unspecified atom stereocenters. The summed E-state index contributed by atoms with van der Waals surface area (Å²) in [6.45, 7) is 9.39. The number of nitrogens with zero attached hydrogens (tertiary/aromatic N) is 2. The summed E-state index contributed by atoms with van der Waals surface area (Å²) < 4.78 is 5.19. The molecule has 0 radical (unpaired) electrons. The van der Waals surface area contributed by atoms with Crippen LogP contribution >= 0.6 is 0 Å². The molecule has 2 N–H and O–H groups in total. The van der Waals surface area contributed by atoms with Crippen molar-refractivity contribution in [3.63, 3.8) is 0 Å². The highest BCUT2D eigenvalue weighted by molar-refractivity contribution is 4.93. The zero-order chi connectivity index (χ0) is 12.2. The van der Waals surface area contributed by atoms with Crippen LogP contribution < -0.4 is 5.73 Å². The van der Waals surface area contributed by atoms with Gasteiger partial charge in [0.2, 0.25) is 0 Å². The molecule has 0 aromatic rings. The zero-order valence-corrected chi connectivity index (χ0v) is 11.2. The fourth-order valence-electron chi connectivity index (χ4n) is 2.63. The van der Waals surface area contributed by atoms with Crippen LogP contribution in [-0.4, -0.2) is 68.3 Å². The minimum Gasteiger partial charge on any atom is -0.385 e. The van der Waals surface area contributed by atoms with Crippen molar-refractivity contribution in [3.8, 4) is 0 Å². The van der Waals surface area contributed by atoms with Gasteiger partial charge in [0.05, 0.1) is 0 Å². The molecule has 96 valence electrons. The Balaban J connectivity index is 2.63. The van der Waals surface area contributed by atoms with Gasteiger partial charge in [0.25, 0.3) is 0 Å². The second-order valence-electron chi connectivity index (χ2n) is 5.25. The molecule has 1 aliphatic rings. The third-order valence-corrected chi connectivity index (χ3v) is 3.81. The summed E-state index contributed by atoms with van der Waals surface area (Å²) >= 11 is 0. The number of methoxy groups -OCH3 is 1. The SMILES string of the molecule is COCCC(C)(CN)N1CCN(C)CC1C. The van der Waals surface area contributed by atoms with Gasteiger partial charge in [-0.2, -0.15) is 0 Å². The lowest BCUT2D eigenvalue weighted by Crippen LogP contribution is -2.62. The Morgan fingerprint density at radius 1 is 1.44 bits per heavy atom. The minimum absolute atomic E-state index is 0.0800. The van der Waals surface area contributed by atoms with Crippen LogP contribution in [-0.2, 0) is 4.74 Å². The standard InChI is InChI=1S/C12H27N3O/c1-11-9-14(3)6-7-15(11)12(2,10-13)5-8-16-4/h11H,5-10,13H2,1-4H3. The Hall–Kier alpha value is -0.160. The summed E-state index contributed by atoms with van der Waals surface area (Å²) in [5.74, 6) is 0. The first kappa shape index (κ1) is 13.9. The Labute approximate surface area is 99.7 Å². The fraction of sp³-hybridized carbons (Fsp3) is 1.00. The molecular formula is C12H27N3O. The Morgan fingerprint density at radius 3 is 2.62 bits per heavy atom. The van der Waals surface area contributed by atoms with Gasteiger partial charge >= 0.3 is 0 Å². The maximum absolute atomic E-state index is 5.96. The molecule has 0 aromatic carbocycles. The van der Waals surface area contributed by atoms with Crippen molar-refractivity contribution in [2.24, 2.45) is 5.73 Å². The summed E-state index contributed by atoms with van der Waals surface area (Å²) in [4.78, 5) is 4.93. The predicted molar refractivity (Wildman–Crippen MR) is 67.6 cm³/mol. The van der Waals surface area contributed by atoms with E-state index in [0.717, 1.165) is 32.7 Å². The van der Waals surface area contributed by atoms with Crippen LogP contribution in [0, 0.1) is 0 Å². The van der Waals surface area contributed by atoms with Gasteiger partial charge in [0, 0.05) is 51.5 Å². The lowest BCUT2D eigenvalue weighted by molar-refractivity contribution is -0.00351. The molecule has 0 saturated carbocycles. The molecule has 1 saturated heterocycles. The number of ether oxygens (including phenoxy) is 1. The van der Waals surface area contributed by atoms with Crippen LogP contribution in [0.3, 0.4) is 0 Å². The van der Waals surface area contributed by atoms with Crippen molar-refractivity contribution in [1.29, 1.82) is 0 Å². The average Bonchev–Trinajstić information content (AvgIpc) is 2.26. The van der Waals surface area contributed by atoms with E-state index in [4.69, 9.17) is 10.5 Å². The highest BCUT2D eigenvalue weighted by Crippen LogP contribution is 2.23. The average molecular weight is 229 g/mol. The van der Waals surface area contributed by atoms with Crippen LogP contribution in [0.4, 0.5) is 0 Å². The third kappa shape index (κ3) is 3.17. The Kier molecular flexibility index (Phi) is 5.18. The van der Waals surface area contributed by atoms with Gasteiger partial charge in [0.15, 0.2) is 0 Å². The van der Waals surface area contributed by atoms with Gasteiger partial charge in [0.1, 0.15) is 0 Å². The molecule has 16 heavy (non-hydrogen) atoms. The van der Waals surface area contributed by atoms with E-state index in [9.17, 15) is 0 Å². The number of hydrogen-bond donors (Lipinski definition) is 1. The minimum atomic E-state index is 0.0800. The normalized spacial score (nSPS) is 27.9. The van der Waals surface area contributed by atoms with Gasteiger partial charge in [-0.3, -0.25) is 4.90 Å². The maximum Gasteiger partial charge on any atom is 0.0480 e. The first-order valence-corrected chi connectivity index (χ1v) is 6.18. The van der Waals surface area contributed by atoms with Crippen molar-refractivity contribution in [2.75, 3.05) is 46.9 Å². The fourth-order valence-corrected chi connectivity index (χ4v) is 2.63. The van der Waals surface area contributed by atoms with Crippen LogP contribution in [0.2, 0.25) is 0 Å². The Bertz CT molecular complexity index is 212. The molecule has 4 heteroatoms. The maximum atomic E-state index is 5.96. The van der Waals surface area contributed by atoms with Gasteiger partial charge in [-0.15, -0.1) is 0 Å². The quantitative estimate of drug-likeness (QED) is 0.740. The lowest BCUT2D eigenvalue weighted by Gasteiger charge is -2.48. The summed E-state index contributed by atoms with van der Waals surface area (Å²) in [5.41, 5.74) is 6.04. The summed E-state index contributed by atoms with van der Waals surface area (Å²) in [6, 6.07) is 0.573. The van der Waals surface area contributed by atoms with E-state index >= 15 is 0 Å². The molecule has 0 bridgehead atoms. The van der Waals surface area contributed by atoms with E-state index in [1.807, 2.05) is 0 Å². The summed E-state index contributed by atoms with van der Waals surface area (Å²) in [7, 11) is 3.94. The molecule has 4 nitrogen and oxygen atoms in total. The van der Waals surface area contributed by atoms with Crippen LogP contribution in [0.1, 0.15) is 20.3 Å². The molecule has 1 aliphatic heterocycles. The van der Waals surface area contributed by atoms with Crippen molar-refractivity contribution in [3.05, 3.63) is 0 Å². The number of nitrogens with two attached hydrogens (primary N) is 1. The first-order chi connectivity index (χ1) is 7.53. The number of likely N-dealkylation sites (N-methyl/N-ethyl adjacent to an activating group) is 1. The van der Waals surface area contributed by atoms with E-state index in [0.29, 0.717) is 12.6 Å². The molecular weight excluding hydrogens is 202 g/mol. The molecule has 2 atom stereocenters. The summed E-state index contributed by atoms with van der Waals surface area (Å²) in [6.07, 6.45) is 1.01. The lowest BCUT2D eigenvalue weighted by atomic mass is 9.93. The molecule has 0 spiro atoms. The molecule has 1 heterocycles. The van der Waals surface area contributed by atoms with Gasteiger partial charge < -0.3 is 15.4 Å². The van der Waals surface area contributed by atoms with Crippen LogP contribution in [0.25, 0.3) is 0 Å². The molecule has 0 aromatic heterocycles. The van der Waals surface area contributed by atoms with Crippen LogP contribution in [0.15, 0.2) is 0 Å². The van der Waals surface area contributed by atoms with Crippen LogP contribution in [0.5, 0.6) is 0 Å². The van der Waals surface area contributed by atoms with Crippen molar-refractivity contribution < 1.29 is 4.74 Å². The number of rotatable bonds is 5. The van der Waals surface area contributed by atoms with Gasteiger partial charge in [-0.25, -0.2) is 0 Å². The highest BCUT2D eigenvalue weighted by Gasteiger charge is 2.35. The Morgan fingerprint density at radius 2 is 2.12 bits per heavy atom. The topological polar surface area (TPSA) is 41.7 Å². The smallest absolute Gasteiger partial charge is 0.0480 e. The van der Waals surface area contributed by atoms with E-state index in [2.05, 4.69) is 30.7 Å². The monoisotopic (exact) mass is 229 g/mol. The highest BCUT2D eigenvalue weighted by atomic mass is 16.5. The molecule has 0 aliphatic carbocycles. The number of piperazine rings is 1. The van der Waals surface area contributed by atoms with E-state index in [1.165, 1.54) is 0 Å². The zero-order valence-electron chi connectivity index (χ0n) is 11.2. The molecule has 1 rings (SSSR count). The number of hydrogen-bond acceptors (Lipinski definition) is 4. The third-order valence-electron chi connectivity index (χ3n) is 3.81. The molecule has 1 fully saturated rings. The first-order valence-electron chi connectivity index (χ1n) is 6.18. The van der Waals surface area contributed by atoms with Crippen molar-refractivity contribution in [2.45, 2.75) is 31.8 Å². The van der Waals surface area contributed by atoms with Gasteiger partial charge in [-0.05, 0) is 27.3 Å². The van der Waals surface area contributed by atoms with Gasteiger partial charge in [-0.1, -0.05) is 0 Å². The largest absolute Gasteiger partial charge is 0.385 e.